The Morgan fingerprint density at radius 3 is 2.76 bits per heavy atom. The summed E-state index contributed by atoms with van der Waals surface area (Å²) in [4.78, 5) is 24.5. The number of nitrogens with zero attached hydrogens (tertiary/aromatic N) is 5. The molecule has 0 spiro atoms. The lowest BCUT2D eigenvalue weighted by Crippen LogP contribution is -2.32. The van der Waals surface area contributed by atoms with E-state index in [2.05, 4.69) is 46.6 Å². The molecule has 0 radical (unpaired) electrons. The molecule has 8 nitrogen and oxygen atoms in total. The van der Waals surface area contributed by atoms with Gasteiger partial charge in [-0.3, -0.25) is 0 Å². The highest BCUT2D eigenvalue weighted by atomic mass is 79.9. The average Bonchev–Trinajstić information content (AvgIpc) is 3.09. The molecular formula is C15H13BrFN7O. The van der Waals surface area contributed by atoms with Crippen LogP contribution in [0.3, 0.4) is 0 Å². The molecule has 0 aliphatic carbocycles. The minimum atomic E-state index is -0.512. The van der Waals surface area contributed by atoms with Crippen LogP contribution >= 0.6 is 15.9 Å². The fourth-order valence-electron chi connectivity index (χ4n) is 2.12. The van der Waals surface area contributed by atoms with Gasteiger partial charge in [0.25, 0.3) is 5.95 Å². The molecule has 0 aliphatic rings. The summed E-state index contributed by atoms with van der Waals surface area (Å²) in [7, 11) is 0. The predicted molar refractivity (Wildman–Crippen MR) is 91.6 cm³/mol. The minimum Gasteiger partial charge on any atom is -0.328 e. The number of amides is 2. The van der Waals surface area contributed by atoms with Crippen LogP contribution in [0.5, 0.6) is 0 Å². The number of halogens is 2. The number of hydrogen-bond acceptors (Lipinski definition) is 5. The van der Waals surface area contributed by atoms with Crippen molar-refractivity contribution in [3.05, 3.63) is 59.1 Å². The van der Waals surface area contributed by atoms with Gasteiger partial charge in [-0.25, -0.2) is 24.1 Å². The van der Waals surface area contributed by atoms with E-state index in [1.54, 1.807) is 31.5 Å². The van der Waals surface area contributed by atoms with Gasteiger partial charge in [0, 0.05) is 12.4 Å². The maximum atomic E-state index is 13.5. The molecule has 1 atom stereocenters. The lowest BCUT2D eigenvalue weighted by molar-refractivity contribution is 0.248. The van der Waals surface area contributed by atoms with Gasteiger partial charge in [-0.2, -0.15) is 9.78 Å². The zero-order chi connectivity index (χ0) is 17.8. The average molecular weight is 406 g/mol. The van der Waals surface area contributed by atoms with Crippen LogP contribution in [0.25, 0.3) is 5.95 Å². The van der Waals surface area contributed by atoms with Crippen LogP contribution in [0, 0.1) is 5.82 Å². The maximum Gasteiger partial charge on any atom is 0.319 e. The summed E-state index contributed by atoms with van der Waals surface area (Å²) in [5.41, 5.74) is 0.317. The number of carbonyl (C=O) groups excluding carboxylic acids is 1. The standard InChI is InChI=1S/C15H13BrFN7O/c1-9(13-20-8-21-24(13)14-18-6-3-7-19-14)22-15(25)23-11-5-2-4-10(17)12(11)16/h2-9H,1H3,(H2,22,23,25)/t9-/m0/s1. The summed E-state index contributed by atoms with van der Waals surface area (Å²) in [6.45, 7) is 1.74. The van der Waals surface area contributed by atoms with Crippen LogP contribution in [0.15, 0.2) is 47.5 Å². The predicted octanol–water partition coefficient (Wildman–Crippen LogP) is 2.84. The minimum absolute atomic E-state index is 0.179. The molecule has 128 valence electrons. The summed E-state index contributed by atoms with van der Waals surface area (Å²) >= 11 is 3.10. The first-order valence-corrected chi connectivity index (χ1v) is 8.04. The Morgan fingerprint density at radius 1 is 1.24 bits per heavy atom. The number of aromatic nitrogens is 5. The number of urea groups is 1. The summed E-state index contributed by atoms with van der Waals surface area (Å²) < 4.78 is 15.1. The van der Waals surface area contributed by atoms with Crippen LogP contribution in [0.1, 0.15) is 18.8 Å². The second kappa shape index (κ2) is 7.34. The highest BCUT2D eigenvalue weighted by Crippen LogP contribution is 2.25. The van der Waals surface area contributed by atoms with Gasteiger partial charge in [0.15, 0.2) is 5.82 Å². The van der Waals surface area contributed by atoms with Gasteiger partial charge in [0.05, 0.1) is 16.2 Å². The molecule has 2 heterocycles. The Bertz CT molecular complexity index is 887. The summed E-state index contributed by atoms with van der Waals surface area (Å²) in [6, 6.07) is 5.06. The van der Waals surface area contributed by atoms with Crippen molar-refractivity contribution in [1.82, 2.24) is 30.0 Å². The molecule has 3 rings (SSSR count). The Hall–Kier alpha value is -2.88. The van der Waals surface area contributed by atoms with Crippen LogP contribution in [-0.2, 0) is 0 Å². The van der Waals surface area contributed by atoms with Gasteiger partial charge in [0.1, 0.15) is 12.1 Å². The number of nitrogens with one attached hydrogen (secondary N) is 2. The lowest BCUT2D eigenvalue weighted by Gasteiger charge is -2.15. The van der Waals surface area contributed by atoms with Gasteiger partial charge in [0.2, 0.25) is 0 Å². The molecule has 0 saturated carbocycles. The molecule has 10 heteroatoms. The molecule has 0 aliphatic heterocycles. The zero-order valence-electron chi connectivity index (χ0n) is 13.0. The van der Waals surface area contributed by atoms with E-state index in [0.29, 0.717) is 17.5 Å². The van der Waals surface area contributed by atoms with Gasteiger partial charge in [-0.15, -0.1) is 0 Å². The zero-order valence-corrected chi connectivity index (χ0v) is 14.6. The van der Waals surface area contributed by atoms with Crippen molar-refractivity contribution in [2.24, 2.45) is 0 Å². The Balaban J connectivity index is 1.73. The topological polar surface area (TPSA) is 97.6 Å². The maximum absolute atomic E-state index is 13.5. The van der Waals surface area contributed by atoms with E-state index in [1.807, 2.05) is 0 Å². The molecule has 0 fully saturated rings. The van der Waals surface area contributed by atoms with E-state index in [9.17, 15) is 9.18 Å². The van der Waals surface area contributed by atoms with Gasteiger partial charge < -0.3 is 10.6 Å². The lowest BCUT2D eigenvalue weighted by atomic mass is 10.3. The van der Waals surface area contributed by atoms with Crippen molar-refractivity contribution < 1.29 is 9.18 Å². The highest BCUT2D eigenvalue weighted by Gasteiger charge is 2.18. The van der Waals surface area contributed by atoms with E-state index in [0.717, 1.165) is 0 Å². The van der Waals surface area contributed by atoms with Crippen molar-refractivity contribution in [2.45, 2.75) is 13.0 Å². The first-order chi connectivity index (χ1) is 12.1. The van der Waals surface area contributed by atoms with Crippen molar-refractivity contribution in [3.63, 3.8) is 0 Å². The fourth-order valence-corrected chi connectivity index (χ4v) is 2.48. The molecule has 0 saturated heterocycles. The normalized spacial score (nSPS) is 11.8. The molecule has 0 unspecified atom stereocenters. The van der Waals surface area contributed by atoms with Crippen molar-refractivity contribution >= 4 is 27.6 Å². The highest BCUT2D eigenvalue weighted by molar-refractivity contribution is 9.10. The van der Waals surface area contributed by atoms with Crippen molar-refractivity contribution in [3.8, 4) is 5.95 Å². The van der Waals surface area contributed by atoms with Crippen LogP contribution < -0.4 is 10.6 Å². The largest absolute Gasteiger partial charge is 0.328 e. The Kier molecular flexibility index (Phi) is 4.98. The Morgan fingerprint density at radius 2 is 2.00 bits per heavy atom. The quantitative estimate of drug-likeness (QED) is 0.695. The number of benzene rings is 1. The van der Waals surface area contributed by atoms with E-state index >= 15 is 0 Å². The van der Waals surface area contributed by atoms with Gasteiger partial charge in [-0.05, 0) is 41.1 Å². The molecule has 2 amide bonds. The Labute approximate surface area is 150 Å². The summed E-state index contributed by atoms with van der Waals surface area (Å²) in [5, 5.41) is 9.37. The van der Waals surface area contributed by atoms with E-state index < -0.39 is 17.9 Å². The van der Waals surface area contributed by atoms with E-state index in [-0.39, 0.29) is 4.47 Å². The molecule has 2 N–H and O–H groups in total. The van der Waals surface area contributed by atoms with E-state index in [1.165, 1.54) is 23.1 Å². The molecule has 0 bridgehead atoms. The summed E-state index contributed by atoms with van der Waals surface area (Å²) in [6.07, 6.45) is 4.52. The first kappa shape index (κ1) is 17.0. The van der Waals surface area contributed by atoms with Crippen LogP contribution in [-0.4, -0.2) is 30.8 Å². The van der Waals surface area contributed by atoms with Crippen molar-refractivity contribution in [1.29, 1.82) is 0 Å². The summed E-state index contributed by atoms with van der Waals surface area (Å²) in [5.74, 6) is 0.336. The molecule has 3 aromatic rings. The van der Waals surface area contributed by atoms with Crippen LogP contribution in [0.4, 0.5) is 14.9 Å². The molecule has 1 aromatic carbocycles. The second-order valence-electron chi connectivity index (χ2n) is 5.00. The van der Waals surface area contributed by atoms with Crippen LogP contribution in [0.2, 0.25) is 0 Å². The third-order valence-corrected chi connectivity index (χ3v) is 4.06. The van der Waals surface area contributed by atoms with Crippen molar-refractivity contribution in [2.75, 3.05) is 5.32 Å². The third kappa shape index (κ3) is 3.79. The number of hydrogen-bond donors (Lipinski definition) is 2. The third-order valence-electron chi connectivity index (χ3n) is 3.25. The molecular weight excluding hydrogens is 393 g/mol. The first-order valence-electron chi connectivity index (χ1n) is 7.25. The fraction of sp³-hybridized carbons (Fsp3) is 0.133. The van der Waals surface area contributed by atoms with Gasteiger partial charge >= 0.3 is 6.03 Å². The van der Waals surface area contributed by atoms with E-state index in [4.69, 9.17) is 0 Å². The molecule has 2 aromatic heterocycles. The second-order valence-corrected chi connectivity index (χ2v) is 5.79. The number of anilines is 1. The van der Waals surface area contributed by atoms with Gasteiger partial charge in [-0.1, -0.05) is 6.07 Å². The smallest absolute Gasteiger partial charge is 0.319 e. The number of carbonyl (C=O) groups is 1. The molecule has 25 heavy (non-hydrogen) atoms. The SMILES string of the molecule is C[C@H](NC(=O)Nc1cccc(F)c1Br)c1ncnn1-c1ncccn1. The number of rotatable bonds is 4. The monoisotopic (exact) mass is 405 g/mol.